The van der Waals surface area contributed by atoms with Crippen molar-refractivity contribution in [1.29, 1.82) is 0 Å². The van der Waals surface area contributed by atoms with Gasteiger partial charge in [-0.05, 0) is 18.1 Å². The van der Waals surface area contributed by atoms with Gasteiger partial charge in [0, 0.05) is 39.3 Å². The molecule has 0 saturated carbocycles. The molecule has 1 heterocycles. The van der Waals surface area contributed by atoms with E-state index in [1.165, 1.54) is 25.6 Å². The number of halogens is 1. The number of piperazine rings is 1. The highest BCUT2D eigenvalue weighted by Gasteiger charge is 2.36. The molecule has 1 N–H and O–H groups in total. The van der Waals surface area contributed by atoms with Crippen LogP contribution in [0.25, 0.3) is 0 Å². The Morgan fingerprint density at radius 2 is 1.61 bits per heavy atom. The molecule has 31 heavy (non-hydrogen) atoms. The van der Waals surface area contributed by atoms with Gasteiger partial charge in [-0.1, -0.05) is 39.8 Å². The molecule has 0 spiro atoms. The molecule has 1 aromatic carbocycles. The SMILES string of the molecule is CCN(CC)S(=O)(=O)N1CCN(C(=O)[C@@H](NS(=O)(=O)c2ccccc2F)C(C)C)CC1. The Morgan fingerprint density at radius 1 is 1.06 bits per heavy atom. The molecule has 0 bridgehead atoms. The van der Waals surface area contributed by atoms with Crippen LogP contribution < -0.4 is 4.72 Å². The molecule has 2 rings (SSSR count). The Balaban J connectivity index is 2.13. The van der Waals surface area contributed by atoms with E-state index in [2.05, 4.69) is 4.72 Å². The van der Waals surface area contributed by atoms with E-state index in [-0.39, 0.29) is 26.2 Å². The number of amides is 1. The zero-order valence-corrected chi connectivity index (χ0v) is 19.9. The third-order valence-corrected chi connectivity index (χ3v) is 8.91. The summed E-state index contributed by atoms with van der Waals surface area (Å²) in [6, 6.07) is 3.85. The third-order valence-electron chi connectivity index (χ3n) is 5.25. The van der Waals surface area contributed by atoms with Crippen molar-refractivity contribution in [3.8, 4) is 0 Å². The van der Waals surface area contributed by atoms with Crippen LogP contribution in [0.1, 0.15) is 27.7 Å². The summed E-state index contributed by atoms with van der Waals surface area (Å²) in [6.45, 7) is 8.13. The number of nitrogens with one attached hydrogen (secondary N) is 1. The summed E-state index contributed by atoms with van der Waals surface area (Å²) in [5, 5.41) is 0. The highest BCUT2D eigenvalue weighted by molar-refractivity contribution is 7.89. The normalized spacial score (nSPS) is 17.3. The molecule has 12 heteroatoms. The highest BCUT2D eigenvalue weighted by atomic mass is 32.2. The van der Waals surface area contributed by atoms with E-state index in [0.717, 1.165) is 12.1 Å². The predicted octanol–water partition coefficient (Wildman–Crippen LogP) is 0.859. The van der Waals surface area contributed by atoms with E-state index in [0.29, 0.717) is 13.1 Å². The van der Waals surface area contributed by atoms with Gasteiger partial charge in [0.25, 0.3) is 10.2 Å². The molecule has 1 saturated heterocycles. The predicted molar refractivity (Wildman–Crippen MR) is 115 cm³/mol. The van der Waals surface area contributed by atoms with Gasteiger partial charge in [0.05, 0.1) is 0 Å². The van der Waals surface area contributed by atoms with Gasteiger partial charge in [-0.25, -0.2) is 12.8 Å². The van der Waals surface area contributed by atoms with E-state index in [4.69, 9.17) is 0 Å². The van der Waals surface area contributed by atoms with Crippen molar-refractivity contribution in [3.05, 3.63) is 30.1 Å². The van der Waals surface area contributed by atoms with Crippen LogP contribution in [0.15, 0.2) is 29.2 Å². The molecule has 0 aliphatic carbocycles. The van der Waals surface area contributed by atoms with Gasteiger partial charge in [0.1, 0.15) is 16.8 Å². The van der Waals surface area contributed by atoms with Gasteiger partial charge in [-0.2, -0.15) is 21.8 Å². The molecule has 1 atom stereocenters. The van der Waals surface area contributed by atoms with Crippen LogP contribution in [0.4, 0.5) is 4.39 Å². The summed E-state index contributed by atoms with van der Waals surface area (Å²) < 4.78 is 69.7. The van der Waals surface area contributed by atoms with Gasteiger partial charge in [0.15, 0.2) is 0 Å². The van der Waals surface area contributed by atoms with E-state index >= 15 is 0 Å². The molecule has 9 nitrogen and oxygen atoms in total. The van der Waals surface area contributed by atoms with Crippen LogP contribution in [0, 0.1) is 11.7 Å². The minimum Gasteiger partial charge on any atom is -0.339 e. The lowest BCUT2D eigenvalue weighted by Gasteiger charge is -2.38. The van der Waals surface area contributed by atoms with E-state index in [1.807, 2.05) is 0 Å². The summed E-state index contributed by atoms with van der Waals surface area (Å²) in [5.41, 5.74) is 0. The van der Waals surface area contributed by atoms with Crippen molar-refractivity contribution in [2.24, 2.45) is 5.92 Å². The summed E-state index contributed by atoms with van der Waals surface area (Å²) in [7, 11) is -7.86. The average Bonchev–Trinajstić information content (AvgIpc) is 2.72. The molecule has 1 aliphatic heterocycles. The van der Waals surface area contributed by atoms with E-state index in [9.17, 15) is 26.0 Å². The number of sulfonamides is 1. The van der Waals surface area contributed by atoms with Crippen molar-refractivity contribution >= 4 is 26.1 Å². The molecule has 0 radical (unpaired) electrons. The zero-order valence-electron chi connectivity index (χ0n) is 18.3. The van der Waals surface area contributed by atoms with Crippen LogP contribution >= 0.6 is 0 Å². The first-order valence-corrected chi connectivity index (χ1v) is 13.1. The van der Waals surface area contributed by atoms with Gasteiger partial charge in [0.2, 0.25) is 15.9 Å². The minimum absolute atomic E-state index is 0.120. The fourth-order valence-corrected chi connectivity index (χ4v) is 6.43. The Morgan fingerprint density at radius 3 is 2.10 bits per heavy atom. The quantitative estimate of drug-likeness (QED) is 0.567. The minimum atomic E-state index is -4.26. The smallest absolute Gasteiger partial charge is 0.282 e. The molecule has 1 fully saturated rings. The second-order valence-corrected chi connectivity index (χ2v) is 11.2. The lowest BCUT2D eigenvalue weighted by Crippen LogP contribution is -2.58. The van der Waals surface area contributed by atoms with Crippen LogP contribution in [0.3, 0.4) is 0 Å². The molecule has 1 amide bonds. The zero-order chi connectivity index (χ0) is 23.4. The largest absolute Gasteiger partial charge is 0.339 e. The molecule has 1 aromatic rings. The first-order chi connectivity index (χ1) is 14.5. The number of carbonyl (C=O) groups excluding carboxylic acids is 1. The first kappa shape index (κ1) is 25.7. The van der Waals surface area contributed by atoms with Crippen LogP contribution in [-0.2, 0) is 25.0 Å². The third kappa shape index (κ3) is 5.80. The fraction of sp³-hybridized carbons (Fsp3) is 0.632. The molecule has 0 aromatic heterocycles. The summed E-state index contributed by atoms with van der Waals surface area (Å²) in [4.78, 5) is 14.0. The van der Waals surface area contributed by atoms with Crippen LogP contribution in [0.5, 0.6) is 0 Å². The standard InChI is InChI=1S/C19H31FN4O5S2/c1-5-23(6-2)31(28,29)24-13-11-22(12-14-24)19(25)18(15(3)4)21-30(26,27)17-10-8-7-9-16(17)20/h7-10,15,18,21H,5-6,11-14H2,1-4H3/t18-/m0/s1. The van der Waals surface area contributed by atoms with Gasteiger partial charge < -0.3 is 4.90 Å². The number of hydrogen-bond acceptors (Lipinski definition) is 5. The second-order valence-electron chi connectivity index (χ2n) is 7.59. The summed E-state index contributed by atoms with van der Waals surface area (Å²) in [6.07, 6.45) is 0. The molecule has 176 valence electrons. The number of nitrogens with zero attached hydrogens (tertiary/aromatic N) is 3. The van der Waals surface area contributed by atoms with Crippen molar-refractivity contribution < 1.29 is 26.0 Å². The Hall–Kier alpha value is -1.60. The van der Waals surface area contributed by atoms with Crippen LogP contribution in [0.2, 0.25) is 0 Å². The highest BCUT2D eigenvalue weighted by Crippen LogP contribution is 2.18. The van der Waals surface area contributed by atoms with Crippen molar-refractivity contribution in [1.82, 2.24) is 18.2 Å². The Bertz CT molecular complexity index is 973. The number of rotatable bonds is 9. The van der Waals surface area contributed by atoms with Crippen molar-refractivity contribution in [2.75, 3.05) is 39.3 Å². The van der Waals surface area contributed by atoms with Gasteiger partial charge in [-0.3, -0.25) is 4.79 Å². The first-order valence-electron chi connectivity index (χ1n) is 10.3. The average molecular weight is 479 g/mol. The molecule has 1 aliphatic rings. The lowest BCUT2D eigenvalue weighted by atomic mass is 10.0. The van der Waals surface area contributed by atoms with Crippen molar-refractivity contribution in [3.63, 3.8) is 0 Å². The molecule has 0 unspecified atom stereocenters. The number of benzene rings is 1. The maximum absolute atomic E-state index is 14.0. The summed E-state index contributed by atoms with van der Waals surface area (Å²) >= 11 is 0. The van der Waals surface area contributed by atoms with E-state index in [1.54, 1.807) is 27.7 Å². The van der Waals surface area contributed by atoms with Gasteiger partial charge >= 0.3 is 0 Å². The number of hydrogen-bond donors (Lipinski definition) is 1. The number of carbonyl (C=O) groups is 1. The summed E-state index contributed by atoms with van der Waals surface area (Å²) in [5.74, 6) is -1.76. The van der Waals surface area contributed by atoms with E-state index < -0.39 is 48.8 Å². The van der Waals surface area contributed by atoms with Gasteiger partial charge in [-0.15, -0.1) is 0 Å². The molecular formula is C19H31FN4O5S2. The maximum Gasteiger partial charge on any atom is 0.282 e. The Labute approximate surface area is 184 Å². The lowest BCUT2D eigenvalue weighted by molar-refractivity contribution is -0.135. The second kappa shape index (κ2) is 10.3. The fourth-order valence-electron chi connectivity index (χ4n) is 3.41. The van der Waals surface area contributed by atoms with Crippen molar-refractivity contribution in [2.45, 2.75) is 38.6 Å². The molecular weight excluding hydrogens is 447 g/mol. The maximum atomic E-state index is 14.0. The Kier molecular flexibility index (Phi) is 8.56. The van der Waals surface area contributed by atoms with Crippen LogP contribution in [-0.4, -0.2) is 81.6 Å². The monoisotopic (exact) mass is 478 g/mol. The topological polar surface area (TPSA) is 107 Å².